The van der Waals surface area contributed by atoms with Crippen LogP contribution in [0.25, 0.3) is 10.9 Å². The van der Waals surface area contributed by atoms with Crippen LogP contribution in [0, 0.1) is 0 Å². The summed E-state index contributed by atoms with van der Waals surface area (Å²) in [7, 11) is 0. The van der Waals surface area contributed by atoms with Crippen molar-refractivity contribution in [2.24, 2.45) is 0 Å². The van der Waals surface area contributed by atoms with E-state index in [-0.39, 0.29) is 0 Å². The summed E-state index contributed by atoms with van der Waals surface area (Å²) in [6, 6.07) is 12.1. The molecule has 1 aromatic heterocycles. The van der Waals surface area contributed by atoms with E-state index in [0.717, 1.165) is 29.6 Å². The molecule has 0 bridgehead atoms. The first-order valence-corrected chi connectivity index (χ1v) is 6.88. The fraction of sp³-hybridized carbons (Fsp3) is 0.438. The number of rotatable bonds is 6. The van der Waals surface area contributed by atoms with E-state index in [4.69, 9.17) is 0 Å². The van der Waals surface area contributed by atoms with Gasteiger partial charge in [0.05, 0.1) is 11.1 Å². The second kappa shape index (κ2) is 6.13. The molecule has 0 aliphatic heterocycles. The number of benzene rings is 1. The molecule has 102 valence electrons. The number of nitrogens with one attached hydrogen (secondary N) is 1. The minimum atomic E-state index is -0.759. The zero-order valence-electron chi connectivity index (χ0n) is 11.7. The fourth-order valence-corrected chi connectivity index (χ4v) is 2.19. The first-order chi connectivity index (χ1) is 9.11. The molecule has 2 N–H and O–H groups in total. The summed E-state index contributed by atoms with van der Waals surface area (Å²) in [4.78, 5) is 4.60. The second-order valence-electron chi connectivity index (χ2n) is 5.35. The molecule has 1 aromatic carbocycles. The summed E-state index contributed by atoms with van der Waals surface area (Å²) in [6.07, 6.45) is 1.64. The van der Waals surface area contributed by atoms with Crippen molar-refractivity contribution in [1.29, 1.82) is 0 Å². The first kappa shape index (κ1) is 14.0. The van der Waals surface area contributed by atoms with E-state index in [9.17, 15) is 5.11 Å². The molecular formula is C16H22N2O. The molecule has 0 aliphatic rings. The lowest BCUT2D eigenvalue weighted by molar-refractivity contribution is 0.0595. The van der Waals surface area contributed by atoms with Gasteiger partial charge in [0.25, 0.3) is 0 Å². The first-order valence-electron chi connectivity index (χ1n) is 6.88. The third-order valence-corrected chi connectivity index (χ3v) is 3.15. The predicted octanol–water partition coefficient (Wildman–Crippen LogP) is 2.53. The van der Waals surface area contributed by atoms with Crippen molar-refractivity contribution >= 4 is 10.9 Å². The molecule has 0 aliphatic carbocycles. The van der Waals surface area contributed by atoms with Gasteiger partial charge in [-0.05, 0) is 32.0 Å². The maximum atomic E-state index is 10.4. The molecule has 0 radical (unpaired) electrons. The van der Waals surface area contributed by atoms with Gasteiger partial charge in [0.15, 0.2) is 0 Å². The summed E-state index contributed by atoms with van der Waals surface area (Å²) in [5.74, 6) is 0. The zero-order valence-corrected chi connectivity index (χ0v) is 11.7. The van der Waals surface area contributed by atoms with E-state index in [1.165, 1.54) is 0 Å². The lowest BCUT2D eigenvalue weighted by atomic mass is 9.99. The molecule has 3 nitrogen and oxygen atoms in total. The average molecular weight is 258 g/mol. The molecule has 1 heterocycles. The molecule has 3 heteroatoms. The Kier molecular flexibility index (Phi) is 4.51. The highest BCUT2D eigenvalue weighted by molar-refractivity contribution is 5.78. The molecule has 2 rings (SSSR count). The number of nitrogens with zero attached hydrogens (tertiary/aromatic N) is 1. The molecule has 0 saturated carbocycles. The standard InChI is InChI=1S/C16H22N2O/c1-3-10-17-12-16(2,19)11-14-9-8-13-6-4-5-7-15(13)18-14/h4-9,17,19H,3,10-12H2,1-2H3. The second-order valence-corrected chi connectivity index (χ2v) is 5.35. The minimum Gasteiger partial charge on any atom is -0.388 e. The van der Waals surface area contributed by atoms with Crippen LogP contribution in [0.5, 0.6) is 0 Å². The molecule has 1 unspecified atom stereocenters. The quantitative estimate of drug-likeness (QED) is 0.783. The van der Waals surface area contributed by atoms with E-state index in [1.54, 1.807) is 0 Å². The third kappa shape index (κ3) is 4.01. The van der Waals surface area contributed by atoms with Crippen LogP contribution in [0.1, 0.15) is 26.0 Å². The van der Waals surface area contributed by atoms with Crippen molar-refractivity contribution < 1.29 is 5.11 Å². The normalized spacial score (nSPS) is 14.5. The number of pyridine rings is 1. The van der Waals surface area contributed by atoms with Gasteiger partial charge in [-0.3, -0.25) is 4.98 Å². The van der Waals surface area contributed by atoms with Crippen molar-refractivity contribution in [1.82, 2.24) is 10.3 Å². The van der Waals surface area contributed by atoms with E-state index < -0.39 is 5.60 Å². The monoisotopic (exact) mass is 258 g/mol. The molecule has 0 saturated heterocycles. The van der Waals surface area contributed by atoms with Crippen LogP contribution in [0.15, 0.2) is 36.4 Å². The lowest BCUT2D eigenvalue weighted by Gasteiger charge is -2.23. The Morgan fingerprint density at radius 3 is 2.79 bits per heavy atom. The SMILES string of the molecule is CCCNCC(C)(O)Cc1ccc2ccccc2n1. The number of para-hydroxylation sites is 1. The van der Waals surface area contributed by atoms with Gasteiger partial charge >= 0.3 is 0 Å². The topological polar surface area (TPSA) is 45.1 Å². The van der Waals surface area contributed by atoms with Crippen molar-refractivity contribution in [2.45, 2.75) is 32.3 Å². The van der Waals surface area contributed by atoms with Crippen LogP contribution in [-0.2, 0) is 6.42 Å². The van der Waals surface area contributed by atoms with Gasteiger partial charge in [-0.1, -0.05) is 31.2 Å². The number of aromatic nitrogens is 1. The number of fused-ring (bicyclic) bond motifs is 1. The van der Waals surface area contributed by atoms with Gasteiger partial charge < -0.3 is 10.4 Å². The molecule has 0 fully saturated rings. The minimum absolute atomic E-state index is 0.564. The smallest absolute Gasteiger partial charge is 0.0798 e. The number of hydrogen-bond acceptors (Lipinski definition) is 3. The summed E-state index contributed by atoms with van der Waals surface area (Å²) < 4.78 is 0. The molecule has 1 atom stereocenters. The fourth-order valence-electron chi connectivity index (χ4n) is 2.19. The molecule has 0 spiro atoms. The highest BCUT2D eigenvalue weighted by Gasteiger charge is 2.21. The van der Waals surface area contributed by atoms with Gasteiger partial charge in [0.2, 0.25) is 0 Å². The van der Waals surface area contributed by atoms with E-state index in [2.05, 4.69) is 23.3 Å². The Morgan fingerprint density at radius 2 is 2.00 bits per heavy atom. The summed E-state index contributed by atoms with van der Waals surface area (Å²) in [5.41, 5.74) is 1.16. The third-order valence-electron chi connectivity index (χ3n) is 3.15. The van der Waals surface area contributed by atoms with Crippen LogP contribution in [-0.4, -0.2) is 28.8 Å². The Morgan fingerprint density at radius 1 is 1.21 bits per heavy atom. The predicted molar refractivity (Wildman–Crippen MR) is 79.2 cm³/mol. The van der Waals surface area contributed by atoms with Gasteiger partial charge in [-0.15, -0.1) is 0 Å². The molecule has 0 amide bonds. The van der Waals surface area contributed by atoms with Gasteiger partial charge in [0, 0.05) is 24.0 Å². The highest BCUT2D eigenvalue weighted by atomic mass is 16.3. The molecule has 19 heavy (non-hydrogen) atoms. The lowest BCUT2D eigenvalue weighted by Crippen LogP contribution is -2.40. The van der Waals surface area contributed by atoms with Crippen LogP contribution < -0.4 is 5.32 Å². The van der Waals surface area contributed by atoms with Gasteiger partial charge in [0.1, 0.15) is 0 Å². The largest absolute Gasteiger partial charge is 0.388 e. The van der Waals surface area contributed by atoms with E-state index >= 15 is 0 Å². The average Bonchev–Trinajstić information content (AvgIpc) is 2.38. The van der Waals surface area contributed by atoms with Crippen LogP contribution in [0.3, 0.4) is 0 Å². The Hall–Kier alpha value is -1.45. The van der Waals surface area contributed by atoms with E-state index in [0.29, 0.717) is 13.0 Å². The van der Waals surface area contributed by atoms with Crippen molar-refractivity contribution in [2.75, 3.05) is 13.1 Å². The number of aliphatic hydroxyl groups is 1. The van der Waals surface area contributed by atoms with Crippen LogP contribution in [0.2, 0.25) is 0 Å². The van der Waals surface area contributed by atoms with E-state index in [1.807, 2.05) is 37.3 Å². The zero-order chi connectivity index (χ0) is 13.7. The molecular weight excluding hydrogens is 236 g/mol. The Bertz CT molecular complexity index is 537. The van der Waals surface area contributed by atoms with Crippen LogP contribution in [0.4, 0.5) is 0 Å². The van der Waals surface area contributed by atoms with Crippen molar-refractivity contribution in [3.63, 3.8) is 0 Å². The van der Waals surface area contributed by atoms with Crippen LogP contribution >= 0.6 is 0 Å². The summed E-state index contributed by atoms with van der Waals surface area (Å²) in [5, 5.41) is 14.8. The maximum Gasteiger partial charge on any atom is 0.0798 e. The highest BCUT2D eigenvalue weighted by Crippen LogP contribution is 2.16. The van der Waals surface area contributed by atoms with Crippen molar-refractivity contribution in [3.05, 3.63) is 42.1 Å². The van der Waals surface area contributed by atoms with Crippen molar-refractivity contribution in [3.8, 4) is 0 Å². The van der Waals surface area contributed by atoms with Gasteiger partial charge in [-0.2, -0.15) is 0 Å². The Labute approximate surface area is 114 Å². The summed E-state index contributed by atoms with van der Waals surface area (Å²) >= 11 is 0. The van der Waals surface area contributed by atoms with Gasteiger partial charge in [-0.25, -0.2) is 0 Å². The molecule has 2 aromatic rings. The maximum absolute atomic E-state index is 10.4. The Balaban J connectivity index is 2.07. The summed E-state index contributed by atoms with van der Waals surface area (Å²) in [6.45, 7) is 5.50. The number of hydrogen-bond donors (Lipinski definition) is 2.